The largest absolute Gasteiger partial charge is 0.0492 e. The Morgan fingerprint density at radius 1 is 0.364 bits per heavy atom. The molecule has 0 atom stereocenters. The number of benzene rings is 2. The summed E-state index contributed by atoms with van der Waals surface area (Å²) >= 11 is 29.5. The van der Waals surface area contributed by atoms with Crippen molar-refractivity contribution in [1.82, 2.24) is 0 Å². The normalized spacial score (nSPS) is 11.2. The first-order chi connectivity index (χ1) is 10.1. The summed E-state index contributed by atoms with van der Waals surface area (Å²) < 4.78 is 8.03. The predicted molar refractivity (Wildman–Crippen MR) is 123 cm³/mol. The lowest BCUT2D eigenvalue weighted by Gasteiger charge is -2.20. The Labute approximate surface area is 196 Å². The van der Waals surface area contributed by atoms with Gasteiger partial charge in [-0.1, -0.05) is 0 Å². The Kier molecular flexibility index (Phi) is 7.38. The van der Waals surface area contributed by atoms with Gasteiger partial charge in [0.05, 0.1) is 0 Å². The van der Waals surface area contributed by atoms with Crippen molar-refractivity contribution >= 4 is 127 Å². The fraction of sp³-hybridized carbons (Fsp3) is 0.143. The molecule has 0 saturated heterocycles. The molecule has 0 aliphatic rings. The molecular weight excluding hydrogens is 807 g/mol. The second-order valence-corrected chi connectivity index (χ2v) is 10.9. The third-order valence-electron chi connectivity index (χ3n) is 3.22. The molecule has 0 unspecified atom stereocenters. The van der Waals surface area contributed by atoms with Crippen LogP contribution >= 0.6 is 127 Å². The fourth-order valence-corrected chi connectivity index (χ4v) is 7.35. The van der Waals surface area contributed by atoms with Crippen molar-refractivity contribution in [2.24, 2.45) is 0 Å². The number of rotatable bonds is 1. The van der Waals surface area contributed by atoms with Crippen LogP contribution in [-0.2, 0) is 0 Å². The van der Waals surface area contributed by atoms with Crippen LogP contribution in [-0.4, -0.2) is 0 Å². The van der Waals surface area contributed by atoms with Gasteiger partial charge in [-0.3, -0.25) is 0 Å². The fourth-order valence-electron chi connectivity index (χ4n) is 1.92. The molecule has 0 nitrogen and oxygen atoms in total. The molecule has 0 N–H and O–H groups in total. The molecule has 0 fully saturated rings. The molecular formula is C14H6Br8. The minimum atomic E-state index is 0.990. The van der Waals surface area contributed by atoms with Gasteiger partial charge in [0.15, 0.2) is 0 Å². The van der Waals surface area contributed by atoms with E-state index in [1.54, 1.807) is 0 Å². The van der Waals surface area contributed by atoms with E-state index >= 15 is 0 Å². The molecule has 0 saturated carbocycles. The minimum Gasteiger partial charge on any atom is -0.0492 e. The van der Waals surface area contributed by atoms with E-state index < -0.39 is 0 Å². The maximum atomic E-state index is 3.72. The maximum Gasteiger partial charge on any atom is 0.0411 e. The van der Waals surface area contributed by atoms with Crippen molar-refractivity contribution in [2.75, 3.05) is 0 Å². The van der Waals surface area contributed by atoms with E-state index in [2.05, 4.69) is 141 Å². The third-order valence-corrected chi connectivity index (χ3v) is 12.5. The summed E-state index contributed by atoms with van der Waals surface area (Å²) in [6.45, 7) is 4.11. The highest BCUT2D eigenvalue weighted by atomic mass is 79.9. The Hall–Kier alpha value is 2.28. The molecule has 0 aliphatic carbocycles. The van der Waals surface area contributed by atoms with Gasteiger partial charge in [0.2, 0.25) is 0 Å². The molecule has 8 heteroatoms. The van der Waals surface area contributed by atoms with Crippen molar-refractivity contribution in [1.29, 1.82) is 0 Å². The zero-order valence-corrected chi connectivity index (χ0v) is 23.7. The molecule has 0 amide bonds. The highest BCUT2D eigenvalue weighted by molar-refractivity contribution is 9.14. The van der Waals surface area contributed by atoms with Gasteiger partial charge in [-0.15, -0.1) is 0 Å². The highest BCUT2D eigenvalue weighted by Crippen LogP contribution is 2.53. The molecule has 0 aromatic heterocycles. The quantitative estimate of drug-likeness (QED) is 0.252. The van der Waals surface area contributed by atoms with Crippen LogP contribution in [0.1, 0.15) is 11.1 Å². The summed E-state index contributed by atoms with van der Waals surface area (Å²) in [5.41, 5.74) is 4.34. The molecule has 0 heterocycles. The summed E-state index contributed by atoms with van der Waals surface area (Å²) in [5, 5.41) is 0. The topological polar surface area (TPSA) is 0 Å². The van der Waals surface area contributed by atoms with Crippen LogP contribution in [0, 0.1) is 13.8 Å². The van der Waals surface area contributed by atoms with E-state index in [1.807, 2.05) is 0 Å². The molecule has 2 aromatic rings. The Morgan fingerprint density at radius 3 is 0.727 bits per heavy atom. The van der Waals surface area contributed by atoms with Crippen molar-refractivity contribution < 1.29 is 0 Å². The number of halogens is 8. The summed E-state index contributed by atoms with van der Waals surface area (Å²) in [6, 6.07) is 0. The number of hydrogen-bond donors (Lipinski definition) is 0. The molecule has 22 heavy (non-hydrogen) atoms. The molecule has 0 spiro atoms. The summed E-state index contributed by atoms with van der Waals surface area (Å²) in [5.74, 6) is 0. The zero-order valence-electron chi connectivity index (χ0n) is 11.0. The van der Waals surface area contributed by atoms with Crippen LogP contribution in [0.3, 0.4) is 0 Å². The van der Waals surface area contributed by atoms with E-state index in [0.717, 1.165) is 58.0 Å². The van der Waals surface area contributed by atoms with Crippen molar-refractivity contribution in [2.45, 2.75) is 13.8 Å². The first-order valence-electron chi connectivity index (χ1n) is 5.76. The second-order valence-electron chi connectivity index (χ2n) is 4.51. The third kappa shape index (κ3) is 3.42. The van der Waals surface area contributed by atoms with Crippen LogP contribution in [0.5, 0.6) is 0 Å². The molecule has 118 valence electrons. The predicted octanol–water partition coefficient (Wildman–Crippen LogP) is 10.1. The van der Waals surface area contributed by atoms with Crippen LogP contribution in [0.2, 0.25) is 0 Å². The lowest BCUT2D eigenvalue weighted by Crippen LogP contribution is -1.95. The lowest BCUT2D eigenvalue weighted by atomic mass is 10.0. The molecule has 0 aliphatic heterocycles. The molecule has 0 radical (unpaired) electrons. The van der Waals surface area contributed by atoms with E-state index in [9.17, 15) is 0 Å². The van der Waals surface area contributed by atoms with Crippen LogP contribution in [0.4, 0.5) is 0 Å². The Balaban J connectivity index is 3.03. The van der Waals surface area contributed by atoms with Gasteiger partial charge in [0.1, 0.15) is 0 Å². The van der Waals surface area contributed by atoms with Crippen LogP contribution in [0.25, 0.3) is 11.1 Å². The van der Waals surface area contributed by atoms with E-state index in [1.165, 1.54) is 0 Å². The van der Waals surface area contributed by atoms with Crippen LogP contribution < -0.4 is 0 Å². The van der Waals surface area contributed by atoms with Gasteiger partial charge in [0.25, 0.3) is 0 Å². The van der Waals surface area contributed by atoms with Gasteiger partial charge in [-0.2, -0.15) is 0 Å². The highest BCUT2D eigenvalue weighted by Gasteiger charge is 2.25. The monoisotopic (exact) mass is 805 g/mol. The standard InChI is InChI=1S/C14H6Br8/c1-3-7(15)11(19)5(12(20)8(3)16)6-13(21)9(17)4(2)10(18)14(6)22/h1-2H3. The smallest absolute Gasteiger partial charge is 0.0411 e. The Morgan fingerprint density at radius 2 is 0.545 bits per heavy atom. The second kappa shape index (κ2) is 7.89. The number of hydrogen-bond acceptors (Lipinski definition) is 0. The molecule has 2 rings (SSSR count). The lowest BCUT2D eigenvalue weighted by molar-refractivity contribution is 1.31. The summed E-state index contributed by atoms with van der Waals surface area (Å²) in [4.78, 5) is 0. The van der Waals surface area contributed by atoms with Gasteiger partial charge in [0, 0.05) is 46.9 Å². The van der Waals surface area contributed by atoms with Crippen LogP contribution in [0.15, 0.2) is 35.8 Å². The zero-order chi connectivity index (χ0) is 16.9. The summed E-state index contributed by atoms with van der Waals surface area (Å²) in [6.07, 6.45) is 0. The van der Waals surface area contributed by atoms with E-state index in [4.69, 9.17) is 0 Å². The van der Waals surface area contributed by atoms with Gasteiger partial charge in [-0.25, -0.2) is 0 Å². The average Bonchev–Trinajstić information content (AvgIpc) is 2.50. The van der Waals surface area contributed by atoms with E-state index in [-0.39, 0.29) is 0 Å². The summed E-state index contributed by atoms with van der Waals surface area (Å²) in [7, 11) is 0. The van der Waals surface area contributed by atoms with Gasteiger partial charge < -0.3 is 0 Å². The SMILES string of the molecule is Cc1c(Br)c(Br)c(-c2c(Br)c(Br)c(C)c(Br)c2Br)c(Br)c1Br. The minimum absolute atomic E-state index is 0.990. The van der Waals surface area contributed by atoms with E-state index in [0.29, 0.717) is 0 Å². The van der Waals surface area contributed by atoms with Crippen molar-refractivity contribution in [3.63, 3.8) is 0 Å². The molecule has 0 bridgehead atoms. The first kappa shape index (κ1) is 20.6. The van der Waals surface area contributed by atoms with Crippen molar-refractivity contribution in [3.8, 4) is 11.1 Å². The maximum absolute atomic E-state index is 3.72. The first-order valence-corrected chi connectivity index (χ1v) is 12.1. The van der Waals surface area contributed by atoms with Gasteiger partial charge in [-0.05, 0) is 152 Å². The average molecular weight is 813 g/mol. The molecule has 2 aromatic carbocycles. The van der Waals surface area contributed by atoms with Gasteiger partial charge >= 0.3 is 0 Å². The Bertz CT molecular complexity index is 669. The van der Waals surface area contributed by atoms with Crippen molar-refractivity contribution in [3.05, 3.63) is 46.9 Å².